The van der Waals surface area contributed by atoms with Gasteiger partial charge < -0.3 is 0 Å². The first-order valence-electron chi connectivity index (χ1n) is 8.18. The van der Waals surface area contributed by atoms with Gasteiger partial charge in [-0.05, 0) is 0 Å². The normalized spacial score (nSPS) is 19.1. The number of nitrogens with zero attached hydrogens (tertiary/aromatic N) is 1. The monoisotopic (exact) mass is 320 g/mol. The van der Waals surface area contributed by atoms with Gasteiger partial charge in [-0.25, -0.2) is 0 Å². The summed E-state index contributed by atoms with van der Waals surface area (Å²) in [6.45, 7) is 3.50. The van der Waals surface area contributed by atoms with Gasteiger partial charge in [-0.2, -0.15) is 0 Å². The standard InChI is InChI=1S/C16H25BN2O4/c1-12(23-16-5-3-4-8-22-16)14-9-15(21-2)19-10-13(14)6-7-18-11-17-20/h9-10,12,16,18H,3-8,11H2,1-2H3. The molecule has 1 aliphatic heterocycles. The topological polar surface area (TPSA) is 69.7 Å². The first kappa shape index (κ1) is 18.0. The van der Waals surface area contributed by atoms with Crippen molar-refractivity contribution in [2.24, 2.45) is 0 Å². The molecule has 1 aromatic rings. The molecule has 2 rings (SSSR count). The third kappa shape index (κ3) is 5.68. The van der Waals surface area contributed by atoms with Gasteiger partial charge >= 0.3 is 137 Å². The predicted octanol–water partition coefficient (Wildman–Crippen LogP) is 1.83. The fourth-order valence-corrected chi connectivity index (χ4v) is 2.68. The minimum atomic E-state index is -0.140. The molecule has 2 heterocycles. The molecule has 0 aromatic carbocycles. The summed E-state index contributed by atoms with van der Waals surface area (Å²) < 4.78 is 27.3. The Labute approximate surface area is 138 Å². The zero-order valence-electron chi connectivity index (χ0n) is 13.9. The van der Waals surface area contributed by atoms with Gasteiger partial charge in [0.05, 0.1) is 0 Å². The van der Waals surface area contributed by atoms with Gasteiger partial charge in [-0.3, -0.25) is 0 Å². The van der Waals surface area contributed by atoms with E-state index in [2.05, 4.69) is 10.3 Å². The Balaban J connectivity index is 2.04. The van der Waals surface area contributed by atoms with Crippen molar-refractivity contribution in [2.75, 3.05) is 26.7 Å². The molecule has 2 unspecified atom stereocenters. The molecular formula is C16H25BN2O4. The summed E-state index contributed by atoms with van der Waals surface area (Å²) in [5, 5.41) is 3.07. The van der Waals surface area contributed by atoms with Gasteiger partial charge in [0, 0.05) is 0 Å². The van der Waals surface area contributed by atoms with Crippen LogP contribution in [-0.4, -0.2) is 45.1 Å². The quantitative estimate of drug-likeness (QED) is 0.553. The zero-order valence-corrected chi connectivity index (χ0v) is 13.9. The van der Waals surface area contributed by atoms with Gasteiger partial charge in [-0.1, -0.05) is 0 Å². The Bertz CT molecular complexity index is 495. The van der Waals surface area contributed by atoms with Crippen LogP contribution in [0.3, 0.4) is 0 Å². The number of hydrogen-bond donors (Lipinski definition) is 1. The van der Waals surface area contributed by atoms with E-state index in [1.165, 1.54) is 0 Å². The summed E-state index contributed by atoms with van der Waals surface area (Å²) in [5.41, 5.74) is 2.14. The number of ether oxygens (including phenoxy) is 3. The molecule has 0 amide bonds. The molecule has 2 atom stereocenters. The summed E-state index contributed by atoms with van der Waals surface area (Å²) in [7, 11) is 2.46. The molecule has 0 bridgehead atoms. The first-order chi connectivity index (χ1) is 11.2. The predicted molar refractivity (Wildman–Crippen MR) is 86.9 cm³/mol. The fourth-order valence-electron chi connectivity index (χ4n) is 2.68. The van der Waals surface area contributed by atoms with E-state index >= 15 is 0 Å². The van der Waals surface area contributed by atoms with Crippen molar-refractivity contribution in [1.29, 1.82) is 0 Å². The number of aromatic nitrogens is 1. The van der Waals surface area contributed by atoms with E-state index in [1.54, 1.807) is 7.11 Å². The van der Waals surface area contributed by atoms with Gasteiger partial charge in [0.2, 0.25) is 0 Å². The second-order valence-corrected chi connectivity index (χ2v) is 5.62. The van der Waals surface area contributed by atoms with E-state index < -0.39 is 0 Å². The van der Waals surface area contributed by atoms with Crippen LogP contribution < -0.4 is 10.1 Å². The van der Waals surface area contributed by atoms with E-state index in [4.69, 9.17) is 14.2 Å². The molecule has 1 aliphatic rings. The van der Waals surface area contributed by atoms with Crippen molar-refractivity contribution < 1.29 is 18.9 Å². The van der Waals surface area contributed by atoms with Crippen LogP contribution in [0.1, 0.15) is 43.4 Å². The van der Waals surface area contributed by atoms with Crippen molar-refractivity contribution in [3.8, 4) is 5.88 Å². The third-order valence-electron chi connectivity index (χ3n) is 3.94. The third-order valence-corrected chi connectivity index (χ3v) is 3.94. The number of pyridine rings is 1. The molecule has 7 heteroatoms. The van der Waals surface area contributed by atoms with E-state index in [0.29, 0.717) is 18.9 Å². The molecule has 0 aliphatic carbocycles. The average Bonchev–Trinajstić information content (AvgIpc) is 2.59. The van der Waals surface area contributed by atoms with Gasteiger partial charge in [0.15, 0.2) is 0 Å². The molecule has 1 N–H and O–H groups in total. The van der Waals surface area contributed by atoms with Crippen molar-refractivity contribution in [3.05, 3.63) is 23.4 Å². The van der Waals surface area contributed by atoms with Crippen LogP contribution in [0.5, 0.6) is 5.88 Å². The molecule has 1 aromatic heterocycles. The summed E-state index contributed by atoms with van der Waals surface area (Å²) in [5.74, 6) is 0.574. The van der Waals surface area contributed by atoms with Crippen LogP contribution >= 0.6 is 0 Å². The molecule has 1 fully saturated rings. The summed E-state index contributed by atoms with van der Waals surface area (Å²) >= 11 is 0. The van der Waals surface area contributed by atoms with Crippen LogP contribution in [0, 0.1) is 0 Å². The Morgan fingerprint density at radius 3 is 3.09 bits per heavy atom. The molecule has 126 valence electrons. The molecule has 6 nitrogen and oxygen atoms in total. The summed E-state index contributed by atoms with van der Waals surface area (Å²) in [4.78, 5) is 4.28. The summed E-state index contributed by atoms with van der Waals surface area (Å²) in [6, 6.07) is 1.92. The Morgan fingerprint density at radius 1 is 1.52 bits per heavy atom. The molecule has 0 radical (unpaired) electrons. The second-order valence-electron chi connectivity index (χ2n) is 5.62. The second kappa shape index (κ2) is 9.75. The molecular weight excluding hydrogens is 295 g/mol. The molecule has 1 saturated heterocycles. The van der Waals surface area contributed by atoms with E-state index in [9.17, 15) is 4.70 Å². The average molecular weight is 320 g/mol. The van der Waals surface area contributed by atoms with E-state index in [1.807, 2.05) is 19.2 Å². The maximum absolute atomic E-state index is 10.4. The SMILES string of the molecule is COc1cc(C(C)OC2CCCCO2)c(CCNCB=O)cn1. The number of hydrogen-bond acceptors (Lipinski definition) is 6. The van der Waals surface area contributed by atoms with Crippen molar-refractivity contribution in [2.45, 2.75) is 45.0 Å². The van der Waals surface area contributed by atoms with E-state index in [-0.39, 0.29) is 12.4 Å². The number of methoxy groups -OCH3 is 1. The van der Waals surface area contributed by atoms with Crippen LogP contribution in [0.4, 0.5) is 0 Å². The zero-order chi connectivity index (χ0) is 16.5. The van der Waals surface area contributed by atoms with Crippen LogP contribution in [0.25, 0.3) is 0 Å². The van der Waals surface area contributed by atoms with Gasteiger partial charge in [0.25, 0.3) is 0 Å². The van der Waals surface area contributed by atoms with Crippen molar-refractivity contribution in [3.63, 3.8) is 0 Å². The molecule has 0 spiro atoms. The van der Waals surface area contributed by atoms with Crippen LogP contribution in [-0.2, 0) is 20.6 Å². The minimum absolute atomic E-state index is 0.101. The van der Waals surface area contributed by atoms with Crippen LogP contribution in [0.15, 0.2) is 12.3 Å². The number of rotatable bonds is 9. The Morgan fingerprint density at radius 2 is 2.39 bits per heavy atom. The first-order valence-corrected chi connectivity index (χ1v) is 8.18. The number of nitrogens with one attached hydrogen (secondary N) is 1. The van der Waals surface area contributed by atoms with Crippen LogP contribution in [0.2, 0.25) is 0 Å². The van der Waals surface area contributed by atoms with Gasteiger partial charge in [-0.15, -0.1) is 0 Å². The molecule has 0 saturated carbocycles. The summed E-state index contributed by atoms with van der Waals surface area (Å²) in [6.07, 6.45) is 5.89. The molecule has 23 heavy (non-hydrogen) atoms. The Kier molecular flexibility index (Phi) is 7.65. The van der Waals surface area contributed by atoms with Crippen molar-refractivity contribution in [1.82, 2.24) is 10.3 Å². The maximum atomic E-state index is 10.4. The fraction of sp³-hybridized carbons (Fsp3) is 0.688. The van der Waals surface area contributed by atoms with Gasteiger partial charge in [0.1, 0.15) is 0 Å². The van der Waals surface area contributed by atoms with Crippen molar-refractivity contribution >= 4 is 7.15 Å². The van der Waals surface area contributed by atoms with E-state index in [0.717, 1.165) is 50.6 Å². The Hall–Kier alpha value is -1.31.